The van der Waals surface area contributed by atoms with Gasteiger partial charge in [-0.1, -0.05) is 0 Å². The van der Waals surface area contributed by atoms with E-state index in [4.69, 9.17) is 4.74 Å². The molecule has 1 aliphatic heterocycles. The Morgan fingerprint density at radius 3 is 2.64 bits per heavy atom. The highest BCUT2D eigenvalue weighted by Crippen LogP contribution is 2.11. The van der Waals surface area contributed by atoms with Gasteiger partial charge in [0.15, 0.2) is 0 Å². The van der Waals surface area contributed by atoms with Crippen molar-refractivity contribution >= 4 is 11.8 Å². The molecule has 0 aliphatic carbocycles. The molecule has 1 aliphatic rings. The molecule has 0 radical (unpaired) electrons. The van der Waals surface area contributed by atoms with Crippen LogP contribution in [-0.4, -0.2) is 37.6 Å². The number of ether oxygens (including phenoxy) is 1. The molecule has 22 heavy (non-hydrogen) atoms. The van der Waals surface area contributed by atoms with E-state index in [0.29, 0.717) is 12.1 Å². The molecule has 0 spiro atoms. The second-order valence-electron chi connectivity index (χ2n) is 5.31. The van der Waals surface area contributed by atoms with Crippen molar-refractivity contribution in [3.05, 3.63) is 35.6 Å². The molecule has 0 aromatic heterocycles. The predicted molar refractivity (Wildman–Crippen MR) is 80.0 cm³/mol. The molecule has 1 aromatic carbocycles. The number of halogens is 1. The van der Waals surface area contributed by atoms with Crippen molar-refractivity contribution < 1.29 is 18.7 Å². The fraction of sp³-hybridized carbons (Fsp3) is 0.500. The van der Waals surface area contributed by atoms with Gasteiger partial charge in [0, 0.05) is 31.7 Å². The molecule has 2 N–H and O–H groups in total. The number of carbonyl (C=O) groups excluding carboxylic acids is 2. The molecule has 1 unspecified atom stereocenters. The fourth-order valence-corrected chi connectivity index (χ4v) is 2.28. The molecule has 120 valence electrons. The monoisotopic (exact) mass is 308 g/mol. The van der Waals surface area contributed by atoms with E-state index in [1.165, 1.54) is 24.3 Å². The van der Waals surface area contributed by atoms with Crippen LogP contribution < -0.4 is 10.6 Å². The predicted octanol–water partition coefficient (Wildman–Crippen LogP) is 1.63. The van der Waals surface area contributed by atoms with Crippen molar-refractivity contribution in [2.75, 3.05) is 19.7 Å². The van der Waals surface area contributed by atoms with E-state index < -0.39 is 0 Å². The van der Waals surface area contributed by atoms with Crippen LogP contribution in [0.3, 0.4) is 0 Å². The minimum Gasteiger partial charge on any atom is -0.376 e. The van der Waals surface area contributed by atoms with E-state index in [0.717, 1.165) is 25.9 Å². The van der Waals surface area contributed by atoms with Crippen LogP contribution in [0.25, 0.3) is 0 Å². The zero-order chi connectivity index (χ0) is 15.8. The summed E-state index contributed by atoms with van der Waals surface area (Å²) >= 11 is 0. The molecular weight excluding hydrogens is 287 g/mol. The van der Waals surface area contributed by atoms with Crippen molar-refractivity contribution in [3.8, 4) is 0 Å². The lowest BCUT2D eigenvalue weighted by Gasteiger charge is -2.22. The van der Waals surface area contributed by atoms with Gasteiger partial charge in [0.2, 0.25) is 5.91 Å². The van der Waals surface area contributed by atoms with Crippen molar-refractivity contribution in [3.63, 3.8) is 0 Å². The smallest absolute Gasteiger partial charge is 0.251 e. The van der Waals surface area contributed by atoms with E-state index in [1.54, 1.807) is 0 Å². The number of hydrogen-bond donors (Lipinski definition) is 2. The first-order chi connectivity index (χ1) is 10.6. The van der Waals surface area contributed by atoms with Gasteiger partial charge in [-0.2, -0.15) is 0 Å². The van der Waals surface area contributed by atoms with Gasteiger partial charge in [-0.15, -0.1) is 0 Å². The minimum absolute atomic E-state index is 0.103. The van der Waals surface area contributed by atoms with Crippen LogP contribution in [0.4, 0.5) is 4.39 Å². The second-order valence-corrected chi connectivity index (χ2v) is 5.31. The topological polar surface area (TPSA) is 67.4 Å². The first-order valence-corrected chi connectivity index (χ1v) is 7.57. The van der Waals surface area contributed by atoms with E-state index in [-0.39, 0.29) is 36.7 Å². The van der Waals surface area contributed by atoms with Gasteiger partial charge >= 0.3 is 0 Å². The summed E-state index contributed by atoms with van der Waals surface area (Å²) in [6.45, 7) is 1.52. The Kier molecular flexibility index (Phi) is 6.33. The van der Waals surface area contributed by atoms with E-state index in [1.807, 2.05) is 0 Å². The average molecular weight is 308 g/mol. The molecule has 1 fully saturated rings. The summed E-state index contributed by atoms with van der Waals surface area (Å²) in [5.41, 5.74) is 0.373. The molecule has 5 nitrogen and oxygen atoms in total. The van der Waals surface area contributed by atoms with Gasteiger partial charge in [0.05, 0.1) is 6.10 Å². The van der Waals surface area contributed by atoms with Gasteiger partial charge in [-0.3, -0.25) is 9.59 Å². The largest absolute Gasteiger partial charge is 0.376 e. The lowest BCUT2D eigenvalue weighted by molar-refractivity contribution is -0.121. The first kappa shape index (κ1) is 16.4. The Bertz CT molecular complexity index is 499. The van der Waals surface area contributed by atoms with Crippen LogP contribution in [-0.2, 0) is 9.53 Å². The van der Waals surface area contributed by atoms with Crippen LogP contribution >= 0.6 is 0 Å². The summed E-state index contributed by atoms with van der Waals surface area (Å²) < 4.78 is 18.3. The number of amides is 2. The third kappa shape index (κ3) is 5.44. The van der Waals surface area contributed by atoms with E-state index in [9.17, 15) is 14.0 Å². The van der Waals surface area contributed by atoms with Crippen LogP contribution in [0.1, 0.15) is 36.0 Å². The van der Waals surface area contributed by atoms with Crippen LogP contribution in [0, 0.1) is 5.82 Å². The van der Waals surface area contributed by atoms with Crippen molar-refractivity contribution in [1.29, 1.82) is 0 Å². The Morgan fingerprint density at radius 1 is 1.18 bits per heavy atom. The maximum absolute atomic E-state index is 12.8. The third-order valence-electron chi connectivity index (χ3n) is 3.54. The molecule has 0 bridgehead atoms. The highest BCUT2D eigenvalue weighted by molar-refractivity contribution is 5.94. The summed E-state index contributed by atoms with van der Waals surface area (Å²) in [6, 6.07) is 5.27. The number of nitrogens with one attached hydrogen (secondary N) is 2. The Labute approximate surface area is 129 Å². The molecular formula is C16H21FN2O3. The highest BCUT2D eigenvalue weighted by atomic mass is 19.1. The summed E-state index contributed by atoms with van der Waals surface area (Å²) in [5.74, 6) is -0.821. The fourth-order valence-electron chi connectivity index (χ4n) is 2.28. The maximum atomic E-state index is 12.8. The molecule has 6 heteroatoms. The zero-order valence-corrected chi connectivity index (χ0v) is 12.4. The van der Waals surface area contributed by atoms with Crippen molar-refractivity contribution in [2.45, 2.75) is 31.8 Å². The van der Waals surface area contributed by atoms with E-state index >= 15 is 0 Å². The third-order valence-corrected chi connectivity index (χ3v) is 3.54. The lowest BCUT2D eigenvalue weighted by atomic mass is 10.1. The second kappa shape index (κ2) is 8.48. The highest BCUT2D eigenvalue weighted by Gasteiger charge is 2.14. The lowest BCUT2D eigenvalue weighted by Crippen LogP contribution is -2.37. The average Bonchev–Trinajstić information content (AvgIpc) is 2.54. The van der Waals surface area contributed by atoms with E-state index in [2.05, 4.69) is 10.6 Å². The summed E-state index contributed by atoms with van der Waals surface area (Å²) in [5, 5.41) is 5.44. The summed E-state index contributed by atoms with van der Waals surface area (Å²) in [6.07, 6.45) is 3.50. The number of hydrogen-bond acceptors (Lipinski definition) is 3. The van der Waals surface area contributed by atoms with Crippen LogP contribution in [0.5, 0.6) is 0 Å². The Balaban J connectivity index is 1.61. The van der Waals surface area contributed by atoms with Gasteiger partial charge in [-0.05, 0) is 43.5 Å². The van der Waals surface area contributed by atoms with Gasteiger partial charge < -0.3 is 15.4 Å². The minimum atomic E-state index is -0.388. The molecule has 1 saturated heterocycles. The van der Waals surface area contributed by atoms with Gasteiger partial charge in [0.1, 0.15) is 5.82 Å². The molecule has 0 saturated carbocycles. The Morgan fingerprint density at radius 2 is 1.95 bits per heavy atom. The Hall–Kier alpha value is -1.95. The van der Waals surface area contributed by atoms with Crippen LogP contribution in [0.2, 0.25) is 0 Å². The van der Waals surface area contributed by atoms with Crippen molar-refractivity contribution in [2.24, 2.45) is 0 Å². The molecule has 2 amide bonds. The summed E-state index contributed by atoms with van der Waals surface area (Å²) in [4.78, 5) is 23.4. The van der Waals surface area contributed by atoms with Crippen molar-refractivity contribution in [1.82, 2.24) is 10.6 Å². The maximum Gasteiger partial charge on any atom is 0.251 e. The first-order valence-electron chi connectivity index (χ1n) is 7.57. The normalized spacial score (nSPS) is 17.8. The van der Waals surface area contributed by atoms with Crippen LogP contribution in [0.15, 0.2) is 24.3 Å². The number of rotatable bonds is 6. The number of carbonyl (C=O) groups is 2. The SMILES string of the molecule is O=C(CCNC(=O)c1ccc(F)cc1)NCC1CCCCO1. The standard InChI is InChI=1S/C16H21FN2O3/c17-13-6-4-12(5-7-13)16(21)18-9-8-15(20)19-11-14-3-1-2-10-22-14/h4-7,14H,1-3,8-11H2,(H,18,21)(H,19,20). The zero-order valence-electron chi connectivity index (χ0n) is 12.4. The summed E-state index contributed by atoms with van der Waals surface area (Å²) in [7, 11) is 0. The molecule has 1 aromatic rings. The number of benzene rings is 1. The quantitative estimate of drug-likeness (QED) is 0.839. The molecule has 2 rings (SSSR count). The molecule has 1 atom stereocenters. The molecule has 1 heterocycles. The van der Waals surface area contributed by atoms with Gasteiger partial charge in [-0.25, -0.2) is 4.39 Å². The van der Waals surface area contributed by atoms with Gasteiger partial charge in [0.25, 0.3) is 5.91 Å².